The average molecular weight is 265 g/mol. The van der Waals surface area contributed by atoms with Crippen LogP contribution in [-0.4, -0.2) is 11.7 Å². The van der Waals surface area contributed by atoms with Crippen LogP contribution in [0.3, 0.4) is 0 Å². The maximum atomic E-state index is 13.9. The van der Waals surface area contributed by atoms with Crippen molar-refractivity contribution < 1.29 is 9.50 Å². The van der Waals surface area contributed by atoms with Crippen LogP contribution in [0.5, 0.6) is 0 Å². The fourth-order valence-electron chi connectivity index (χ4n) is 3.44. The number of nitrogens with two attached hydrogens (primary N) is 1. The number of benzene rings is 1. The summed E-state index contributed by atoms with van der Waals surface area (Å²) in [5.74, 6) is 0.264. The van der Waals surface area contributed by atoms with Crippen LogP contribution in [-0.2, 0) is 0 Å². The molecule has 1 aromatic carbocycles. The van der Waals surface area contributed by atoms with E-state index in [9.17, 15) is 9.50 Å². The minimum atomic E-state index is -0.798. The molecule has 0 aliphatic heterocycles. The van der Waals surface area contributed by atoms with Crippen molar-refractivity contribution in [3.8, 4) is 0 Å². The van der Waals surface area contributed by atoms with Gasteiger partial charge in [-0.25, -0.2) is 4.39 Å². The Morgan fingerprint density at radius 2 is 2.21 bits per heavy atom. The van der Waals surface area contributed by atoms with Crippen molar-refractivity contribution in [1.82, 2.24) is 0 Å². The van der Waals surface area contributed by atoms with E-state index in [0.29, 0.717) is 18.0 Å². The van der Waals surface area contributed by atoms with E-state index in [1.165, 1.54) is 12.5 Å². The predicted molar refractivity (Wildman–Crippen MR) is 75.1 cm³/mol. The Morgan fingerprint density at radius 3 is 2.84 bits per heavy atom. The quantitative estimate of drug-likeness (QED) is 0.876. The molecule has 0 amide bonds. The van der Waals surface area contributed by atoms with Crippen LogP contribution in [0.4, 0.5) is 4.39 Å². The SMILES string of the molecule is CCC1CCCC(CN)(C(O)c2ccccc2F)C1. The number of aliphatic hydroxyl groups is 1. The molecule has 0 heterocycles. The van der Waals surface area contributed by atoms with Gasteiger partial charge >= 0.3 is 0 Å². The van der Waals surface area contributed by atoms with Crippen LogP contribution in [0.2, 0.25) is 0 Å². The molecular formula is C16H24FNO. The van der Waals surface area contributed by atoms with E-state index >= 15 is 0 Å². The molecule has 19 heavy (non-hydrogen) atoms. The Kier molecular flexibility index (Phi) is 4.58. The first kappa shape index (κ1) is 14.5. The third-order valence-corrected chi connectivity index (χ3v) is 4.75. The molecule has 1 aliphatic carbocycles. The summed E-state index contributed by atoms with van der Waals surface area (Å²) in [7, 11) is 0. The summed E-state index contributed by atoms with van der Waals surface area (Å²) in [6.45, 7) is 2.59. The van der Waals surface area contributed by atoms with Crippen molar-refractivity contribution in [1.29, 1.82) is 0 Å². The standard InChI is InChI=1S/C16H24FNO/c1-2-12-6-5-9-16(10-12,11-18)15(19)13-7-3-4-8-14(13)17/h3-4,7-8,12,15,19H,2,5-6,9-11,18H2,1H3. The first-order valence-electron chi connectivity index (χ1n) is 7.25. The van der Waals surface area contributed by atoms with Crippen molar-refractivity contribution >= 4 is 0 Å². The van der Waals surface area contributed by atoms with E-state index in [1.807, 2.05) is 0 Å². The third-order valence-electron chi connectivity index (χ3n) is 4.75. The molecule has 1 saturated carbocycles. The molecule has 3 N–H and O–H groups in total. The summed E-state index contributed by atoms with van der Waals surface area (Å²) in [4.78, 5) is 0. The smallest absolute Gasteiger partial charge is 0.129 e. The maximum absolute atomic E-state index is 13.9. The van der Waals surface area contributed by atoms with Crippen molar-refractivity contribution in [3.63, 3.8) is 0 Å². The fourth-order valence-corrected chi connectivity index (χ4v) is 3.44. The molecule has 1 aliphatic rings. The highest BCUT2D eigenvalue weighted by Crippen LogP contribution is 2.48. The second kappa shape index (κ2) is 6.02. The normalized spacial score (nSPS) is 29.2. The van der Waals surface area contributed by atoms with Gasteiger partial charge < -0.3 is 10.8 Å². The zero-order chi connectivity index (χ0) is 13.9. The fraction of sp³-hybridized carbons (Fsp3) is 0.625. The summed E-state index contributed by atoms with van der Waals surface area (Å²) in [6.07, 6.45) is 4.35. The molecular weight excluding hydrogens is 241 g/mol. The van der Waals surface area contributed by atoms with Gasteiger partial charge in [-0.2, -0.15) is 0 Å². The van der Waals surface area contributed by atoms with E-state index in [2.05, 4.69) is 6.92 Å². The summed E-state index contributed by atoms with van der Waals surface area (Å²) in [6, 6.07) is 6.50. The van der Waals surface area contributed by atoms with Crippen LogP contribution in [0.1, 0.15) is 50.7 Å². The lowest BCUT2D eigenvalue weighted by Gasteiger charge is -2.43. The Balaban J connectivity index is 2.28. The van der Waals surface area contributed by atoms with Crippen LogP contribution in [0, 0.1) is 17.2 Å². The lowest BCUT2D eigenvalue weighted by Crippen LogP contribution is -2.41. The summed E-state index contributed by atoms with van der Waals surface area (Å²) in [5.41, 5.74) is 5.99. The zero-order valence-electron chi connectivity index (χ0n) is 11.6. The van der Waals surface area contributed by atoms with Crippen LogP contribution < -0.4 is 5.73 Å². The van der Waals surface area contributed by atoms with Gasteiger partial charge in [0.15, 0.2) is 0 Å². The minimum Gasteiger partial charge on any atom is -0.388 e. The van der Waals surface area contributed by atoms with Gasteiger partial charge in [-0.15, -0.1) is 0 Å². The van der Waals surface area contributed by atoms with E-state index < -0.39 is 6.10 Å². The molecule has 0 saturated heterocycles. The van der Waals surface area contributed by atoms with Crippen molar-refractivity contribution in [2.75, 3.05) is 6.54 Å². The number of aliphatic hydroxyl groups excluding tert-OH is 1. The summed E-state index contributed by atoms with van der Waals surface area (Å²) < 4.78 is 13.9. The Bertz CT molecular complexity index is 423. The van der Waals surface area contributed by atoms with Crippen LogP contribution >= 0.6 is 0 Å². The van der Waals surface area contributed by atoms with Gasteiger partial charge in [0.05, 0.1) is 6.10 Å². The molecule has 1 fully saturated rings. The first-order valence-corrected chi connectivity index (χ1v) is 7.25. The lowest BCUT2D eigenvalue weighted by molar-refractivity contribution is -0.0181. The van der Waals surface area contributed by atoms with Gasteiger partial charge in [-0.1, -0.05) is 44.4 Å². The average Bonchev–Trinajstić information content (AvgIpc) is 2.47. The highest BCUT2D eigenvalue weighted by molar-refractivity contribution is 5.22. The molecule has 0 aromatic heterocycles. The summed E-state index contributed by atoms with van der Waals surface area (Å²) >= 11 is 0. The Labute approximate surface area is 114 Å². The monoisotopic (exact) mass is 265 g/mol. The summed E-state index contributed by atoms with van der Waals surface area (Å²) in [5, 5.41) is 10.7. The molecule has 1 aromatic rings. The lowest BCUT2D eigenvalue weighted by atomic mass is 9.64. The van der Waals surface area contributed by atoms with E-state index in [-0.39, 0.29) is 11.2 Å². The minimum absolute atomic E-state index is 0.332. The molecule has 2 rings (SSSR count). The molecule has 3 heteroatoms. The van der Waals surface area contributed by atoms with Crippen LogP contribution in [0.15, 0.2) is 24.3 Å². The van der Waals surface area contributed by atoms with E-state index in [1.54, 1.807) is 18.2 Å². The number of rotatable bonds is 4. The van der Waals surface area contributed by atoms with Gasteiger partial charge in [0.2, 0.25) is 0 Å². The Morgan fingerprint density at radius 1 is 1.47 bits per heavy atom. The zero-order valence-corrected chi connectivity index (χ0v) is 11.6. The number of hydrogen-bond donors (Lipinski definition) is 2. The van der Waals surface area contributed by atoms with Gasteiger partial charge in [-0.05, 0) is 24.8 Å². The van der Waals surface area contributed by atoms with Crippen molar-refractivity contribution in [2.24, 2.45) is 17.1 Å². The molecule has 0 radical (unpaired) electrons. The molecule has 0 bridgehead atoms. The molecule has 3 atom stereocenters. The predicted octanol–water partition coefficient (Wildman–Crippen LogP) is 3.40. The number of halogens is 1. The van der Waals surface area contributed by atoms with Crippen molar-refractivity contribution in [3.05, 3.63) is 35.6 Å². The largest absolute Gasteiger partial charge is 0.388 e. The molecule has 0 spiro atoms. The van der Waals surface area contributed by atoms with Gasteiger partial charge in [0.1, 0.15) is 5.82 Å². The second-order valence-corrected chi connectivity index (χ2v) is 5.86. The molecule has 3 unspecified atom stereocenters. The van der Waals surface area contributed by atoms with Crippen molar-refractivity contribution in [2.45, 2.75) is 45.1 Å². The first-order chi connectivity index (χ1) is 9.13. The highest BCUT2D eigenvalue weighted by atomic mass is 19.1. The van der Waals surface area contributed by atoms with E-state index in [4.69, 9.17) is 5.73 Å². The topological polar surface area (TPSA) is 46.2 Å². The van der Waals surface area contributed by atoms with Gasteiger partial charge in [-0.3, -0.25) is 0 Å². The highest BCUT2D eigenvalue weighted by Gasteiger charge is 2.42. The second-order valence-electron chi connectivity index (χ2n) is 5.86. The number of hydrogen-bond acceptors (Lipinski definition) is 2. The molecule has 2 nitrogen and oxygen atoms in total. The van der Waals surface area contributed by atoms with Gasteiger partial charge in [0.25, 0.3) is 0 Å². The van der Waals surface area contributed by atoms with E-state index in [0.717, 1.165) is 25.7 Å². The Hall–Kier alpha value is -0.930. The van der Waals surface area contributed by atoms with Gasteiger partial charge in [0, 0.05) is 17.5 Å². The maximum Gasteiger partial charge on any atom is 0.129 e. The third kappa shape index (κ3) is 2.82. The molecule has 106 valence electrons. The van der Waals surface area contributed by atoms with Crippen LogP contribution in [0.25, 0.3) is 0 Å².